The van der Waals surface area contributed by atoms with Crippen LogP contribution in [0.2, 0.25) is 0 Å². The number of nitrogens with zero attached hydrogens (tertiary/aromatic N) is 3. The summed E-state index contributed by atoms with van der Waals surface area (Å²) in [6, 6.07) is 2.66. The van der Waals surface area contributed by atoms with Gasteiger partial charge in [0.05, 0.1) is 18.4 Å². The second-order valence-electron chi connectivity index (χ2n) is 16.9. The largest absolute Gasteiger partial charge is 0.494 e. The molecule has 0 radical (unpaired) electrons. The van der Waals surface area contributed by atoms with Crippen LogP contribution >= 0.6 is 69.6 Å². The van der Waals surface area contributed by atoms with E-state index in [2.05, 4.69) is 15.0 Å². The molecule has 4 aliphatic rings. The molecule has 2 aromatic rings. The molecule has 4 amide bonds. The minimum Gasteiger partial charge on any atom is -0.494 e. The highest BCUT2D eigenvalue weighted by Gasteiger charge is 2.81. The number of pyridine rings is 1. The van der Waals surface area contributed by atoms with Crippen molar-refractivity contribution in [2.75, 3.05) is 13.2 Å². The lowest BCUT2D eigenvalue weighted by atomic mass is 9.84. The van der Waals surface area contributed by atoms with E-state index in [4.69, 9.17) is 79.1 Å². The van der Waals surface area contributed by atoms with Crippen molar-refractivity contribution < 1.29 is 55.3 Å². The summed E-state index contributed by atoms with van der Waals surface area (Å²) >= 11 is 36.3. The van der Waals surface area contributed by atoms with Crippen LogP contribution in [-0.2, 0) is 24.4 Å². The van der Waals surface area contributed by atoms with Crippen molar-refractivity contribution in [1.82, 2.24) is 24.8 Å². The summed E-state index contributed by atoms with van der Waals surface area (Å²) in [5, 5.41) is 13.8. The Balaban J connectivity index is 1.49. The lowest BCUT2D eigenvalue weighted by Gasteiger charge is -2.54. The molecule has 24 heteroatoms. The number of alkyl halides is 9. The molecule has 0 bridgehead atoms. The summed E-state index contributed by atoms with van der Waals surface area (Å²) in [7, 11) is -4.11. The molecule has 3 N–H and O–H groups in total. The minimum absolute atomic E-state index is 0.0334. The van der Waals surface area contributed by atoms with Crippen molar-refractivity contribution in [3.63, 3.8) is 0 Å². The predicted molar refractivity (Wildman–Crippen MR) is 235 cm³/mol. The molecule has 1 saturated heterocycles. The Labute approximate surface area is 397 Å². The topological polar surface area (TPSA) is 185 Å². The Bertz CT molecular complexity index is 2240. The maximum absolute atomic E-state index is 15.7. The second kappa shape index (κ2) is 18.7. The summed E-state index contributed by atoms with van der Waals surface area (Å²) in [5.41, 5.74) is -6.38. The van der Waals surface area contributed by atoms with E-state index in [1.54, 1.807) is 43.3 Å². The van der Waals surface area contributed by atoms with Crippen LogP contribution in [0.1, 0.15) is 72.1 Å². The van der Waals surface area contributed by atoms with E-state index in [-0.39, 0.29) is 25.1 Å². The maximum atomic E-state index is 15.7. The standard InChI is InChI=1S/C40H46Cl6F3N5O9S/c1-4-15-62-25-9-12-28-23(17-25)13-14-50-32(28)63-26-18-29-31(55)51-36(34(57)52-64(60,61)27-10-11-27)19-24(36)8-6-5-7-21(2)16-22(3)30(33(56)53(29)20-26)54(35(58)59)37(38(41,42)43,39(44,45)46)40(47,48)49/h6,8-9,12-14,17,21-22,24,26-27,29-30H,4-5,7,10-11,15-16,18-20H2,1-3H3,(H,51,55)(H,52,57)(H,58,59)/b8-6-/t21-,22+,24+,26+,29-,30-,36+/m0/s1. The molecule has 0 spiro atoms. The highest BCUT2D eigenvalue weighted by atomic mass is 35.6. The summed E-state index contributed by atoms with van der Waals surface area (Å²) in [5.74, 6) is -5.27. The van der Waals surface area contributed by atoms with Gasteiger partial charge in [-0.3, -0.25) is 24.0 Å². The summed E-state index contributed by atoms with van der Waals surface area (Å²) in [6.07, 6.45) is -3.19. The van der Waals surface area contributed by atoms with Crippen LogP contribution < -0.4 is 19.5 Å². The van der Waals surface area contributed by atoms with Gasteiger partial charge in [-0.2, -0.15) is 13.2 Å². The van der Waals surface area contributed by atoms with Crippen LogP contribution in [0.15, 0.2) is 42.6 Å². The zero-order valence-electron chi connectivity index (χ0n) is 34.5. The third-order valence-electron chi connectivity index (χ3n) is 12.1. The number of aromatic nitrogens is 1. The fraction of sp³-hybridized carbons (Fsp3) is 0.625. The first kappa shape index (κ1) is 50.5. The highest BCUT2D eigenvalue weighted by Crippen LogP contribution is 2.62. The van der Waals surface area contributed by atoms with Crippen LogP contribution in [-0.4, -0.2) is 114 Å². The van der Waals surface area contributed by atoms with E-state index in [1.165, 1.54) is 13.1 Å². The van der Waals surface area contributed by atoms with Crippen molar-refractivity contribution >= 4 is 114 Å². The lowest BCUT2D eigenvalue weighted by molar-refractivity contribution is -0.231. The number of fused-ring (bicyclic) bond motifs is 3. The van der Waals surface area contributed by atoms with Gasteiger partial charge in [-0.15, -0.1) is 0 Å². The Morgan fingerprint density at radius 1 is 1.05 bits per heavy atom. The number of ether oxygens (including phenoxy) is 2. The van der Waals surface area contributed by atoms with Gasteiger partial charge >= 0.3 is 12.3 Å². The normalized spacial score (nSPS) is 27.9. The monoisotopic (exact) mass is 1040 g/mol. The van der Waals surface area contributed by atoms with E-state index < -0.39 is 111 Å². The average molecular weight is 1040 g/mol. The number of allylic oxidation sites excluding steroid dienone is 1. The Morgan fingerprint density at radius 2 is 1.72 bits per heavy atom. The fourth-order valence-electron chi connectivity index (χ4n) is 8.70. The van der Waals surface area contributed by atoms with Crippen molar-refractivity contribution in [3.8, 4) is 11.6 Å². The number of amides is 4. The molecule has 64 heavy (non-hydrogen) atoms. The molecule has 6 rings (SSSR count). The summed E-state index contributed by atoms with van der Waals surface area (Å²) < 4.78 is 79.7. The molecular weight excluding hydrogens is 996 g/mol. The SMILES string of the molecule is CCCOc1ccc2c(O[C@@H]3C[C@H]4C(=O)N[C@]5(C(=O)NS(=O)(=O)C6CC6)C[C@H]5/C=C\CC[C@H](C)C[C@@H](C)[C@H](N(C(=O)O)C(C(F)(F)F)(C(Cl)(Cl)Cl)C(Cl)(Cl)Cl)C(=O)N4C3)nccc2c1. The maximum Gasteiger partial charge on any atom is 0.420 e. The van der Waals surface area contributed by atoms with Crippen LogP contribution in [0.4, 0.5) is 18.0 Å². The molecule has 7 atom stereocenters. The zero-order valence-corrected chi connectivity index (χ0v) is 39.9. The van der Waals surface area contributed by atoms with Crippen molar-refractivity contribution in [2.45, 2.75) is 120 Å². The molecule has 1 aromatic carbocycles. The molecule has 0 unspecified atom stereocenters. The quantitative estimate of drug-likeness (QED) is 0.155. The third-order valence-corrected chi connectivity index (χ3v) is 15.6. The number of hydrogen-bond acceptors (Lipinski definition) is 9. The van der Waals surface area contributed by atoms with Crippen molar-refractivity contribution in [3.05, 3.63) is 42.6 Å². The molecule has 2 aliphatic heterocycles. The van der Waals surface area contributed by atoms with Gasteiger partial charge in [-0.1, -0.05) is 103 Å². The lowest BCUT2D eigenvalue weighted by Crippen LogP contribution is -2.78. The van der Waals surface area contributed by atoms with E-state index in [0.29, 0.717) is 48.8 Å². The van der Waals surface area contributed by atoms with Crippen LogP contribution in [0.3, 0.4) is 0 Å². The Kier molecular flexibility index (Phi) is 14.7. The molecule has 3 fully saturated rings. The summed E-state index contributed by atoms with van der Waals surface area (Å²) in [6.45, 7) is 4.88. The first-order valence-corrected chi connectivity index (χ1v) is 24.3. The smallest absolute Gasteiger partial charge is 0.420 e. The first-order chi connectivity index (χ1) is 29.7. The molecule has 1 aromatic heterocycles. The molecule has 2 saturated carbocycles. The van der Waals surface area contributed by atoms with Crippen LogP contribution in [0.25, 0.3) is 10.8 Å². The van der Waals surface area contributed by atoms with Gasteiger partial charge in [0.1, 0.15) is 29.5 Å². The second-order valence-corrected chi connectivity index (χ2v) is 23.4. The van der Waals surface area contributed by atoms with Gasteiger partial charge in [-0.25, -0.2) is 18.2 Å². The average Bonchev–Trinajstić information content (AvgIpc) is 4.10. The molecule has 2 aliphatic carbocycles. The number of carboxylic acid groups (broad SMARTS) is 1. The van der Waals surface area contributed by atoms with Crippen molar-refractivity contribution in [2.24, 2.45) is 17.8 Å². The molecule has 354 valence electrons. The number of sulfonamides is 1. The minimum atomic E-state index is -5.99. The van der Waals surface area contributed by atoms with E-state index in [9.17, 15) is 27.9 Å². The number of hydrogen-bond donors (Lipinski definition) is 3. The van der Waals surface area contributed by atoms with Gasteiger partial charge in [0.15, 0.2) is 0 Å². The van der Waals surface area contributed by atoms with Gasteiger partial charge in [-0.05, 0) is 86.4 Å². The number of halogens is 9. The van der Waals surface area contributed by atoms with E-state index in [1.807, 2.05) is 6.92 Å². The molecule has 3 heterocycles. The van der Waals surface area contributed by atoms with Crippen LogP contribution in [0, 0.1) is 17.8 Å². The number of nitrogens with one attached hydrogen (secondary N) is 2. The number of carbonyl (C=O) groups is 4. The van der Waals surface area contributed by atoms with Gasteiger partial charge in [0.2, 0.25) is 40.8 Å². The number of benzene rings is 1. The van der Waals surface area contributed by atoms with Gasteiger partial charge in [0.25, 0.3) is 5.91 Å². The zero-order chi connectivity index (χ0) is 47.4. The van der Waals surface area contributed by atoms with Crippen molar-refractivity contribution in [1.29, 1.82) is 0 Å². The Morgan fingerprint density at radius 3 is 2.31 bits per heavy atom. The van der Waals surface area contributed by atoms with E-state index in [0.717, 1.165) is 11.3 Å². The van der Waals surface area contributed by atoms with E-state index >= 15 is 18.0 Å². The summed E-state index contributed by atoms with van der Waals surface area (Å²) in [4.78, 5) is 62.1. The highest BCUT2D eigenvalue weighted by molar-refractivity contribution is 7.91. The molecular formula is C40H46Cl6F3N5O9S. The van der Waals surface area contributed by atoms with Gasteiger partial charge in [0, 0.05) is 23.9 Å². The number of rotatable bonds is 10. The molecule has 14 nitrogen and oxygen atoms in total. The van der Waals surface area contributed by atoms with Crippen LogP contribution in [0.5, 0.6) is 11.6 Å². The fourth-order valence-corrected chi connectivity index (χ4v) is 12.5. The first-order valence-electron chi connectivity index (χ1n) is 20.5. The Hall–Kier alpha value is -2.87. The third kappa shape index (κ3) is 9.89. The number of carbonyl (C=O) groups excluding carboxylic acids is 3. The predicted octanol–water partition coefficient (Wildman–Crippen LogP) is 8.26. The van der Waals surface area contributed by atoms with Gasteiger partial charge < -0.3 is 24.8 Å².